The van der Waals surface area contributed by atoms with Crippen molar-refractivity contribution in [3.63, 3.8) is 0 Å². The number of hydrogen-bond acceptors (Lipinski definition) is 4. The van der Waals surface area contributed by atoms with Crippen LogP contribution < -0.4 is 0 Å². The standard InChI is InChI=1S/C21H22ClFN2O2S/c1-2-27-21(26)19(28)4-3-5-20-24-17-11-10-16(23)12-18(17)25(20)13-14-6-8-15(22)9-7-14/h6-12,19,28H,2-5,13H2,1H3. The van der Waals surface area contributed by atoms with Gasteiger partial charge in [-0.1, -0.05) is 23.7 Å². The molecule has 0 radical (unpaired) electrons. The summed E-state index contributed by atoms with van der Waals surface area (Å²) in [7, 11) is 0. The number of fused-ring (bicyclic) bond motifs is 1. The molecule has 0 saturated carbocycles. The van der Waals surface area contributed by atoms with Gasteiger partial charge >= 0.3 is 5.97 Å². The molecule has 0 aliphatic carbocycles. The van der Waals surface area contributed by atoms with E-state index >= 15 is 0 Å². The highest BCUT2D eigenvalue weighted by Gasteiger charge is 2.16. The van der Waals surface area contributed by atoms with Gasteiger partial charge in [0.2, 0.25) is 0 Å². The molecule has 0 amide bonds. The number of aromatic nitrogens is 2. The van der Waals surface area contributed by atoms with Crippen LogP contribution in [0.3, 0.4) is 0 Å². The first kappa shape index (κ1) is 20.7. The Morgan fingerprint density at radius 3 is 2.75 bits per heavy atom. The summed E-state index contributed by atoms with van der Waals surface area (Å²) in [6.07, 6.45) is 1.96. The number of hydrogen-bond donors (Lipinski definition) is 1. The third-order valence-electron chi connectivity index (χ3n) is 4.48. The van der Waals surface area contributed by atoms with Crippen molar-refractivity contribution in [3.05, 3.63) is 64.7 Å². The molecule has 0 aliphatic rings. The second-order valence-corrected chi connectivity index (χ2v) is 7.59. The first-order chi connectivity index (χ1) is 13.5. The largest absolute Gasteiger partial charge is 0.465 e. The van der Waals surface area contributed by atoms with E-state index in [0.717, 1.165) is 28.8 Å². The maximum Gasteiger partial charge on any atom is 0.318 e. The second-order valence-electron chi connectivity index (χ2n) is 6.53. The number of carbonyl (C=O) groups is 1. The molecule has 7 heteroatoms. The van der Waals surface area contributed by atoms with Crippen molar-refractivity contribution >= 4 is 41.2 Å². The predicted octanol–water partition coefficient (Wildman–Crippen LogP) is 5.06. The van der Waals surface area contributed by atoms with Crippen LogP contribution in [0.1, 0.15) is 31.2 Å². The van der Waals surface area contributed by atoms with Crippen molar-refractivity contribution in [2.24, 2.45) is 0 Å². The number of esters is 1. The molecule has 3 rings (SSSR count). The number of aryl methyl sites for hydroxylation is 1. The Bertz CT molecular complexity index is 959. The summed E-state index contributed by atoms with van der Waals surface area (Å²) in [5.74, 6) is 0.247. The molecule has 1 unspecified atom stereocenters. The molecule has 148 valence electrons. The quantitative estimate of drug-likeness (QED) is 0.409. The highest BCUT2D eigenvalue weighted by molar-refractivity contribution is 7.81. The Balaban J connectivity index is 1.80. The van der Waals surface area contributed by atoms with E-state index in [1.54, 1.807) is 13.0 Å². The number of halogens is 2. The fourth-order valence-electron chi connectivity index (χ4n) is 3.10. The summed E-state index contributed by atoms with van der Waals surface area (Å²) in [5, 5.41) is 0.218. The van der Waals surface area contributed by atoms with E-state index in [0.29, 0.717) is 31.0 Å². The lowest BCUT2D eigenvalue weighted by atomic mass is 10.1. The number of ether oxygens (including phenoxy) is 1. The van der Waals surface area contributed by atoms with Gasteiger partial charge in [0.25, 0.3) is 0 Å². The minimum absolute atomic E-state index is 0.297. The van der Waals surface area contributed by atoms with E-state index in [2.05, 4.69) is 17.6 Å². The van der Waals surface area contributed by atoms with Crippen LogP contribution in [0.5, 0.6) is 0 Å². The van der Waals surface area contributed by atoms with Crippen LogP contribution in [-0.2, 0) is 22.5 Å². The number of rotatable bonds is 8. The first-order valence-electron chi connectivity index (χ1n) is 9.21. The molecule has 1 aromatic heterocycles. The Morgan fingerprint density at radius 2 is 2.04 bits per heavy atom. The Kier molecular flexibility index (Phi) is 6.97. The molecular weight excluding hydrogens is 399 g/mol. The third kappa shape index (κ3) is 5.06. The molecule has 4 nitrogen and oxygen atoms in total. The molecule has 0 saturated heterocycles. The average molecular weight is 421 g/mol. The summed E-state index contributed by atoms with van der Waals surface area (Å²) < 4.78 is 20.8. The summed E-state index contributed by atoms with van der Waals surface area (Å²) >= 11 is 10.3. The molecule has 0 fully saturated rings. The topological polar surface area (TPSA) is 44.1 Å². The fraction of sp³-hybridized carbons (Fsp3) is 0.333. The normalized spacial score (nSPS) is 12.3. The third-order valence-corrected chi connectivity index (χ3v) is 5.20. The highest BCUT2D eigenvalue weighted by atomic mass is 35.5. The van der Waals surface area contributed by atoms with E-state index in [1.807, 2.05) is 28.8 Å². The monoisotopic (exact) mass is 420 g/mol. The molecule has 0 bridgehead atoms. The molecule has 0 spiro atoms. The fourth-order valence-corrected chi connectivity index (χ4v) is 3.48. The zero-order valence-electron chi connectivity index (χ0n) is 15.6. The SMILES string of the molecule is CCOC(=O)C(S)CCCc1nc2ccc(F)cc2n1Cc1ccc(Cl)cc1. The number of thiol groups is 1. The van der Waals surface area contributed by atoms with Gasteiger partial charge < -0.3 is 9.30 Å². The van der Waals surface area contributed by atoms with Gasteiger partial charge in [0.05, 0.1) is 22.9 Å². The van der Waals surface area contributed by atoms with Crippen LogP contribution in [0, 0.1) is 5.82 Å². The summed E-state index contributed by atoms with van der Waals surface area (Å²) in [6, 6.07) is 12.2. The number of nitrogens with zero attached hydrogens (tertiary/aromatic N) is 2. The van der Waals surface area contributed by atoms with Gasteiger partial charge in [-0.3, -0.25) is 4.79 Å². The predicted molar refractivity (Wildman–Crippen MR) is 113 cm³/mol. The van der Waals surface area contributed by atoms with Crippen molar-refractivity contribution < 1.29 is 13.9 Å². The van der Waals surface area contributed by atoms with Gasteiger partial charge in [0, 0.05) is 18.0 Å². The zero-order chi connectivity index (χ0) is 20.1. The summed E-state index contributed by atoms with van der Waals surface area (Å²) in [6.45, 7) is 2.68. The zero-order valence-corrected chi connectivity index (χ0v) is 17.2. The molecule has 0 N–H and O–H groups in total. The number of carbonyl (C=O) groups excluding carboxylic acids is 1. The lowest BCUT2D eigenvalue weighted by Crippen LogP contribution is -2.18. The molecule has 1 heterocycles. The molecule has 1 atom stereocenters. The lowest BCUT2D eigenvalue weighted by molar-refractivity contribution is -0.142. The van der Waals surface area contributed by atoms with E-state index in [1.165, 1.54) is 12.1 Å². The van der Waals surface area contributed by atoms with Crippen molar-refractivity contribution in [2.75, 3.05) is 6.61 Å². The molecule has 0 aliphatic heterocycles. The van der Waals surface area contributed by atoms with Gasteiger partial charge in [-0.05, 0) is 55.7 Å². The average Bonchev–Trinajstić information content (AvgIpc) is 3.00. The van der Waals surface area contributed by atoms with E-state index < -0.39 is 5.25 Å². The van der Waals surface area contributed by atoms with E-state index in [4.69, 9.17) is 16.3 Å². The van der Waals surface area contributed by atoms with Crippen LogP contribution in [0.4, 0.5) is 4.39 Å². The smallest absolute Gasteiger partial charge is 0.318 e. The Labute approximate surface area is 174 Å². The molecule has 3 aromatic rings. The van der Waals surface area contributed by atoms with Gasteiger partial charge in [-0.2, -0.15) is 12.6 Å². The van der Waals surface area contributed by atoms with Gasteiger partial charge in [0.15, 0.2) is 0 Å². The van der Waals surface area contributed by atoms with Crippen LogP contribution >= 0.6 is 24.2 Å². The van der Waals surface area contributed by atoms with Gasteiger partial charge in [-0.25, -0.2) is 9.37 Å². The van der Waals surface area contributed by atoms with Crippen LogP contribution in [0.15, 0.2) is 42.5 Å². The van der Waals surface area contributed by atoms with Gasteiger partial charge in [-0.15, -0.1) is 0 Å². The maximum absolute atomic E-state index is 13.8. The Morgan fingerprint density at radius 1 is 1.29 bits per heavy atom. The number of benzene rings is 2. The number of imidazole rings is 1. The Hall–Kier alpha value is -2.05. The van der Waals surface area contributed by atoms with Crippen molar-refractivity contribution in [3.8, 4) is 0 Å². The minimum atomic E-state index is -0.452. The molecule has 2 aromatic carbocycles. The summed E-state index contributed by atoms with van der Waals surface area (Å²) in [4.78, 5) is 16.4. The second kappa shape index (κ2) is 9.43. The van der Waals surface area contributed by atoms with Crippen molar-refractivity contribution in [1.82, 2.24) is 9.55 Å². The first-order valence-corrected chi connectivity index (χ1v) is 10.1. The van der Waals surface area contributed by atoms with E-state index in [9.17, 15) is 9.18 Å². The van der Waals surface area contributed by atoms with Crippen LogP contribution in [0.2, 0.25) is 5.02 Å². The van der Waals surface area contributed by atoms with E-state index in [-0.39, 0.29) is 11.8 Å². The van der Waals surface area contributed by atoms with Crippen LogP contribution in [-0.4, -0.2) is 27.4 Å². The van der Waals surface area contributed by atoms with Crippen LogP contribution in [0.25, 0.3) is 11.0 Å². The summed E-state index contributed by atoms with van der Waals surface area (Å²) in [5.41, 5.74) is 2.55. The minimum Gasteiger partial charge on any atom is -0.465 e. The maximum atomic E-state index is 13.8. The highest BCUT2D eigenvalue weighted by Crippen LogP contribution is 2.22. The lowest BCUT2D eigenvalue weighted by Gasteiger charge is -2.12. The molecular formula is C21H22ClFN2O2S. The van der Waals surface area contributed by atoms with Crippen molar-refractivity contribution in [2.45, 2.75) is 38.0 Å². The molecule has 28 heavy (non-hydrogen) atoms. The van der Waals surface area contributed by atoms with Gasteiger partial charge in [0.1, 0.15) is 11.6 Å². The van der Waals surface area contributed by atoms with Crippen molar-refractivity contribution in [1.29, 1.82) is 0 Å².